The number of anilines is 1. The molecule has 1 saturated heterocycles. The summed E-state index contributed by atoms with van der Waals surface area (Å²) in [5, 5.41) is 10.4. The van der Waals surface area contributed by atoms with Crippen molar-refractivity contribution in [3.05, 3.63) is 57.6 Å². The second-order valence-corrected chi connectivity index (χ2v) is 8.26. The number of urea groups is 1. The standard InChI is InChI=1S/C22H20ClF4N5O3/c1-3-30-17(10-33)29-32(21(30)35)12-7-8-15-16(9-12)31(11(2)22(25,26)27)20(34)19(28-15)18-13(23)5-4-6-14(18)24/h4-9,11,17,29,33H,3,10H2,1-2H3/t11-,17?/m0/s1. The molecule has 0 radical (unpaired) electrons. The van der Waals surface area contributed by atoms with Gasteiger partial charge in [-0.25, -0.2) is 24.6 Å². The van der Waals surface area contributed by atoms with Crippen LogP contribution in [-0.2, 0) is 0 Å². The van der Waals surface area contributed by atoms with E-state index in [4.69, 9.17) is 11.6 Å². The molecule has 2 amide bonds. The summed E-state index contributed by atoms with van der Waals surface area (Å²) in [5.74, 6) is -0.911. The zero-order valence-electron chi connectivity index (χ0n) is 18.5. The molecule has 0 spiro atoms. The van der Waals surface area contributed by atoms with Gasteiger partial charge < -0.3 is 10.0 Å². The molecule has 1 aromatic heterocycles. The van der Waals surface area contributed by atoms with Crippen molar-refractivity contribution >= 4 is 34.4 Å². The topological polar surface area (TPSA) is 90.7 Å². The fourth-order valence-corrected chi connectivity index (χ4v) is 4.22. The molecular weight excluding hydrogens is 494 g/mol. The Morgan fingerprint density at radius 1 is 1.23 bits per heavy atom. The number of fused-ring (bicyclic) bond motifs is 1. The first-order valence-corrected chi connectivity index (χ1v) is 10.9. The number of hydrogen-bond acceptors (Lipinski definition) is 5. The van der Waals surface area contributed by atoms with E-state index in [1.807, 2.05) is 0 Å². The Hall–Kier alpha value is -3.22. The highest BCUT2D eigenvalue weighted by molar-refractivity contribution is 6.33. The van der Waals surface area contributed by atoms with Crippen LogP contribution in [0.15, 0.2) is 41.2 Å². The van der Waals surface area contributed by atoms with E-state index in [1.54, 1.807) is 6.92 Å². The van der Waals surface area contributed by atoms with Crippen LogP contribution in [0.25, 0.3) is 22.3 Å². The van der Waals surface area contributed by atoms with E-state index in [0.29, 0.717) is 4.57 Å². The molecule has 4 rings (SSSR count). The number of aliphatic hydroxyl groups excluding tert-OH is 1. The molecule has 35 heavy (non-hydrogen) atoms. The van der Waals surface area contributed by atoms with Crippen LogP contribution in [0, 0.1) is 5.82 Å². The minimum atomic E-state index is -4.83. The maximum atomic E-state index is 14.6. The van der Waals surface area contributed by atoms with Crippen molar-refractivity contribution < 1.29 is 27.5 Å². The molecule has 1 fully saturated rings. The van der Waals surface area contributed by atoms with Crippen molar-refractivity contribution in [3.8, 4) is 11.3 Å². The molecule has 3 aromatic rings. The molecule has 2 aromatic carbocycles. The molecule has 2 N–H and O–H groups in total. The zero-order valence-corrected chi connectivity index (χ0v) is 19.2. The van der Waals surface area contributed by atoms with Crippen molar-refractivity contribution in [2.75, 3.05) is 18.2 Å². The van der Waals surface area contributed by atoms with E-state index in [1.165, 1.54) is 35.2 Å². The predicted octanol–water partition coefficient (Wildman–Crippen LogP) is 4.06. The van der Waals surface area contributed by atoms with Gasteiger partial charge in [0.15, 0.2) is 0 Å². The molecule has 1 aliphatic heterocycles. The molecule has 2 atom stereocenters. The monoisotopic (exact) mass is 513 g/mol. The van der Waals surface area contributed by atoms with Gasteiger partial charge in [0.25, 0.3) is 5.56 Å². The summed E-state index contributed by atoms with van der Waals surface area (Å²) in [5.41, 5.74) is 0.457. The van der Waals surface area contributed by atoms with Crippen LogP contribution < -0.4 is 16.0 Å². The summed E-state index contributed by atoms with van der Waals surface area (Å²) in [7, 11) is 0. The molecule has 186 valence electrons. The lowest BCUT2D eigenvalue weighted by Crippen LogP contribution is -2.40. The SMILES string of the molecule is CCN1C(=O)N(c2ccc3nc(-c4c(F)cccc4Cl)c(=O)n([C@@H](C)C(F)(F)F)c3c2)NC1CO. The van der Waals surface area contributed by atoms with Gasteiger partial charge in [0.1, 0.15) is 23.7 Å². The van der Waals surface area contributed by atoms with Gasteiger partial charge in [0.05, 0.1) is 33.9 Å². The molecule has 8 nitrogen and oxygen atoms in total. The number of alkyl halides is 3. The number of aliphatic hydroxyl groups is 1. The van der Waals surface area contributed by atoms with Crippen LogP contribution in [0.2, 0.25) is 5.02 Å². The van der Waals surface area contributed by atoms with Gasteiger partial charge in [-0.3, -0.25) is 9.36 Å². The number of amides is 2. The first kappa shape index (κ1) is 24.9. The smallest absolute Gasteiger partial charge is 0.393 e. The first-order valence-electron chi connectivity index (χ1n) is 10.5. The van der Waals surface area contributed by atoms with Gasteiger partial charge in [-0.2, -0.15) is 13.2 Å². The number of carbonyl (C=O) groups excluding carboxylic acids is 1. The minimum absolute atomic E-state index is 0.0449. The Bertz CT molecular complexity index is 1340. The summed E-state index contributed by atoms with van der Waals surface area (Å²) in [4.78, 5) is 31.5. The fourth-order valence-electron chi connectivity index (χ4n) is 3.96. The number of nitrogens with zero attached hydrogens (tertiary/aromatic N) is 4. The van der Waals surface area contributed by atoms with E-state index in [-0.39, 0.29) is 28.3 Å². The average molecular weight is 514 g/mol. The number of hydrogen-bond donors (Lipinski definition) is 2. The summed E-state index contributed by atoms with van der Waals surface area (Å²) >= 11 is 6.06. The van der Waals surface area contributed by atoms with E-state index in [9.17, 15) is 32.3 Å². The molecule has 0 aliphatic carbocycles. The third kappa shape index (κ3) is 4.21. The van der Waals surface area contributed by atoms with Crippen LogP contribution in [-0.4, -0.2) is 51.1 Å². The molecule has 0 bridgehead atoms. The van der Waals surface area contributed by atoms with Gasteiger partial charge >= 0.3 is 12.2 Å². The highest BCUT2D eigenvalue weighted by Gasteiger charge is 2.40. The third-order valence-corrected chi connectivity index (χ3v) is 6.11. The molecular formula is C22H20ClF4N5O3. The molecule has 13 heteroatoms. The third-order valence-electron chi connectivity index (χ3n) is 5.80. The maximum Gasteiger partial charge on any atom is 0.408 e. The number of carbonyl (C=O) groups is 1. The van der Waals surface area contributed by atoms with Crippen LogP contribution >= 0.6 is 11.6 Å². The average Bonchev–Trinajstić information content (AvgIpc) is 3.13. The summed E-state index contributed by atoms with van der Waals surface area (Å²) in [6.07, 6.45) is -5.56. The van der Waals surface area contributed by atoms with Crippen LogP contribution in [0.3, 0.4) is 0 Å². The normalized spacial score (nSPS) is 17.5. The largest absolute Gasteiger partial charge is 0.408 e. The Kier molecular flexibility index (Phi) is 6.47. The number of hydrazine groups is 1. The lowest BCUT2D eigenvalue weighted by molar-refractivity contribution is -0.162. The maximum absolute atomic E-state index is 14.6. The number of benzene rings is 2. The van der Waals surface area contributed by atoms with Gasteiger partial charge in [0, 0.05) is 6.54 Å². The molecule has 1 aliphatic rings. The lowest BCUT2D eigenvalue weighted by Gasteiger charge is -2.23. The van der Waals surface area contributed by atoms with Gasteiger partial charge in [-0.15, -0.1) is 0 Å². The van der Waals surface area contributed by atoms with Crippen molar-refractivity contribution in [2.24, 2.45) is 0 Å². The van der Waals surface area contributed by atoms with Gasteiger partial charge in [-0.1, -0.05) is 17.7 Å². The lowest BCUT2D eigenvalue weighted by atomic mass is 10.1. The van der Waals surface area contributed by atoms with Crippen LogP contribution in [0.5, 0.6) is 0 Å². The van der Waals surface area contributed by atoms with Gasteiger partial charge in [0.2, 0.25) is 0 Å². The Labute approximate surface area is 201 Å². The summed E-state index contributed by atoms with van der Waals surface area (Å²) < 4.78 is 56.4. The van der Waals surface area contributed by atoms with Crippen molar-refractivity contribution in [3.63, 3.8) is 0 Å². The fraction of sp³-hybridized carbons (Fsp3) is 0.318. The molecule has 2 heterocycles. The Morgan fingerprint density at radius 3 is 2.51 bits per heavy atom. The quantitative estimate of drug-likeness (QED) is 0.502. The number of aromatic nitrogens is 2. The van der Waals surface area contributed by atoms with E-state index < -0.39 is 53.7 Å². The first-order chi connectivity index (χ1) is 16.5. The summed E-state index contributed by atoms with van der Waals surface area (Å²) in [6.45, 7) is 2.37. The van der Waals surface area contributed by atoms with E-state index in [2.05, 4.69) is 10.4 Å². The number of rotatable bonds is 5. The van der Waals surface area contributed by atoms with Crippen LogP contribution in [0.1, 0.15) is 19.9 Å². The Balaban J connectivity index is 1.98. The zero-order chi connectivity index (χ0) is 25.7. The minimum Gasteiger partial charge on any atom is -0.393 e. The highest BCUT2D eigenvalue weighted by atomic mass is 35.5. The van der Waals surface area contributed by atoms with Crippen molar-refractivity contribution in [1.29, 1.82) is 0 Å². The number of nitrogens with one attached hydrogen (secondary N) is 1. The number of likely N-dealkylation sites (N-methyl/N-ethyl adjacent to an activating group) is 1. The second kappa shape index (κ2) is 9.10. The number of halogens is 5. The van der Waals surface area contributed by atoms with Crippen LogP contribution in [0.4, 0.5) is 28.0 Å². The van der Waals surface area contributed by atoms with Crippen molar-refractivity contribution in [2.45, 2.75) is 32.2 Å². The van der Waals surface area contributed by atoms with Gasteiger partial charge in [-0.05, 0) is 44.2 Å². The predicted molar refractivity (Wildman–Crippen MR) is 121 cm³/mol. The Morgan fingerprint density at radius 2 is 1.94 bits per heavy atom. The van der Waals surface area contributed by atoms with E-state index in [0.717, 1.165) is 18.0 Å². The van der Waals surface area contributed by atoms with Crippen molar-refractivity contribution in [1.82, 2.24) is 19.9 Å². The van der Waals surface area contributed by atoms with E-state index >= 15 is 0 Å². The molecule has 0 saturated carbocycles. The molecule has 1 unspecified atom stereocenters. The highest BCUT2D eigenvalue weighted by Crippen LogP contribution is 2.35. The second-order valence-electron chi connectivity index (χ2n) is 7.85. The summed E-state index contributed by atoms with van der Waals surface area (Å²) in [6, 6.07) is 4.71.